The molecule has 0 aliphatic carbocycles. The van der Waals surface area contributed by atoms with Crippen molar-refractivity contribution in [2.24, 2.45) is 0 Å². The molecule has 17 heavy (non-hydrogen) atoms. The maximum Gasteiger partial charge on any atom is 0.0370 e. The third kappa shape index (κ3) is 2.81. The molecule has 0 amide bonds. The van der Waals surface area contributed by atoms with Crippen LogP contribution in [0, 0.1) is 13.8 Å². The minimum Gasteiger partial charge on any atom is -0.368 e. The second kappa shape index (κ2) is 4.34. The van der Waals surface area contributed by atoms with Gasteiger partial charge in [-0.15, -0.1) is 0 Å². The van der Waals surface area contributed by atoms with Gasteiger partial charge in [0.25, 0.3) is 0 Å². The first-order valence-corrected chi connectivity index (χ1v) is 6.47. The number of piperazine rings is 1. The lowest BCUT2D eigenvalue weighted by Gasteiger charge is -2.44. The number of rotatable bonds is 1. The number of benzene rings is 1. The molecule has 0 radical (unpaired) electrons. The lowest BCUT2D eigenvalue weighted by atomic mass is 9.98. The van der Waals surface area contributed by atoms with E-state index in [1.807, 2.05) is 0 Å². The summed E-state index contributed by atoms with van der Waals surface area (Å²) in [5, 5.41) is 3.64. The molecule has 1 aromatic carbocycles. The zero-order valence-corrected chi connectivity index (χ0v) is 11.7. The number of anilines is 1. The summed E-state index contributed by atoms with van der Waals surface area (Å²) < 4.78 is 0. The highest BCUT2D eigenvalue weighted by Crippen LogP contribution is 2.23. The molecule has 94 valence electrons. The zero-order valence-electron chi connectivity index (χ0n) is 11.7. The average Bonchev–Trinajstić information content (AvgIpc) is 2.19. The Morgan fingerprint density at radius 1 is 1.24 bits per heavy atom. The van der Waals surface area contributed by atoms with Crippen LogP contribution in [0.4, 0.5) is 5.69 Å². The zero-order chi connectivity index (χ0) is 12.6. The van der Waals surface area contributed by atoms with Crippen LogP contribution in [0.2, 0.25) is 0 Å². The van der Waals surface area contributed by atoms with Crippen molar-refractivity contribution < 1.29 is 0 Å². The molecule has 1 aliphatic heterocycles. The molecule has 1 unspecified atom stereocenters. The topological polar surface area (TPSA) is 15.3 Å². The number of hydrogen-bond acceptors (Lipinski definition) is 2. The van der Waals surface area contributed by atoms with E-state index in [4.69, 9.17) is 0 Å². The normalized spacial score (nSPS) is 23.8. The second-order valence-corrected chi connectivity index (χ2v) is 6.08. The van der Waals surface area contributed by atoms with E-state index in [0.717, 1.165) is 13.1 Å². The van der Waals surface area contributed by atoms with Gasteiger partial charge < -0.3 is 10.2 Å². The van der Waals surface area contributed by atoms with E-state index in [1.165, 1.54) is 16.8 Å². The molecular formula is C15H24N2. The lowest BCUT2D eigenvalue weighted by molar-refractivity contribution is 0.301. The smallest absolute Gasteiger partial charge is 0.0370 e. The van der Waals surface area contributed by atoms with Crippen molar-refractivity contribution in [3.63, 3.8) is 0 Å². The molecule has 1 atom stereocenters. The number of aryl methyl sites for hydroxylation is 2. The largest absolute Gasteiger partial charge is 0.368 e. The molecular weight excluding hydrogens is 208 g/mol. The molecule has 1 saturated heterocycles. The summed E-state index contributed by atoms with van der Waals surface area (Å²) in [5.74, 6) is 0. The van der Waals surface area contributed by atoms with E-state index >= 15 is 0 Å². The molecule has 0 bridgehead atoms. The molecule has 1 N–H and O–H groups in total. The molecule has 1 aromatic rings. The minimum atomic E-state index is 0.191. The van der Waals surface area contributed by atoms with Gasteiger partial charge in [-0.05, 0) is 57.9 Å². The van der Waals surface area contributed by atoms with Gasteiger partial charge >= 0.3 is 0 Å². The first kappa shape index (κ1) is 12.4. The second-order valence-electron chi connectivity index (χ2n) is 6.08. The van der Waals surface area contributed by atoms with Gasteiger partial charge in [0.2, 0.25) is 0 Å². The standard InChI is InChI=1S/C15H24N2/c1-11-6-7-14(8-12(11)2)17-9-13(3)16-15(4,5)10-17/h6-8,13,16H,9-10H2,1-5H3. The third-order valence-corrected chi connectivity index (χ3v) is 3.57. The van der Waals surface area contributed by atoms with Crippen molar-refractivity contribution in [2.45, 2.75) is 46.2 Å². The van der Waals surface area contributed by atoms with E-state index in [-0.39, 0.29) is 5.54 Å². The van der Waals surface area contributed by atoms with Gasteiger partial charge in [-0.1, -0.05) is 6.07 Å². The Morgan fingerprint density at radius 2 is 1.94 bits per heavy atom. The van der Waals surface area contributed by atoms with Crippen LogP contribution in [0.1, 0.15) is 31.9 Å². The lowest BCUT2D eigenvalue weighted by Crippen LogP contribution is -2.61. The van der Waals surface area contributed by atoms with Crippen LogP contribution in [0.5, 0.6) is 0 Å². The summed E-state index contributed by atoms with van der Waals surface area (Å²) in [6.07, 6.45) is 0. The van der Waals surface area contributed by atoms with Gasteiger partial charge in [-0.2, -0.15) is 0 Å². The predicted molar refractivity (Wildman–Crippen MR) is 74.8 cm³/mol. The van der Waals surface area contributed by atoms with Gasteiger partial charge in [0, 0.05) is 30.4 Å². The van der Waals surface area contributed by atoms with Gasteiger partial charge in [0.1, 0.15) is 0 Å². The first-order chi connectivity index (χ1) is 7.87. The van der Waals surface area contributed by atoms with Gasteiger partial charge in [0.05, 0.1) is 0 Å². The van der Waals surface area contributed by atoms with E-state index in [1.54, 1.807) is 0 Å². The fourth-order valence-corrected chi connectivity index (χ4v) is 2.75. The van der Waals surface area contributed by atoms with Crippen molar-refractivity contribution in [2.75, 3.05) is 18.0 Å². The summed E-state index contributed by atoms with van der Waals surface area (Å²) in [5.41, 5.74) is 4.30. The highest BCUT2D eigenvalue weighted by atomic mass is 15.2. The van der Waals surface area contributed by atoms with Crippen LogP contribution in [-0.4, -0.2) is 24.7 Å². The van der Waals surface area contributed by atoms with Crippen LogP contribution in [-0.2, 0) is 0 Å². The molecule has 1 heterocycles. The van der Waals surface area contributed by atoms with Crippen molar-refractivity contribution in [1.29, 1.82) is 0 Å². The van der Waals surface area contributed by atoms with Gasteiger partial charge in [-0.3, -0.25) is 0 Å². The summed E-state index contributed by atoms with van der Waals surface area (Å²) in [6, 6.07) is 7.32. The molecule has 2 nitrogen and oxygen atoms in total. The summed E-state index contributed by atoms with van der Waals surface area (Å²) in [7, 11) is 0. The molecule has 0 saturated carbocycles. The monoisotopic (exact) mass is 232 g/mol. The van der Waals surface area contributed by atoms with Crippen molar-refractivity contribution in [3.05, 3.63) is 29.3 Å². The van der Waals surface area contributed by atoms with E-state index < -0.39 is 0 Å². The van der Waals surface area contributed by atoms with Gasteiger partial charge in [-0.25, -0.2) is 0 Å². The Labute approximate surface area is 105 Å². The van der Waals surface area contributed by atoms with Gasteiger partial charge in [0.15, 0.2) is 0 Å². The molecule has 1 fully saturated rings. The van der Waals surface area contributed by atoms with E-state index in [2.05, 4.69) is 63.0 Å². The van der Waals surface area contributed by atoms with Crippen LogP contribution < -0.4 is 10.2 Å². The third-order valence-electron chi connectivity index (χ3n) is 3.57. The van der Waals surface area contributed by atoms with E-state index in [0.29, 0.717) is 6.04 Å². The maximum absolute atomic E-state index is 3.64. The Kier molecular flexibility index (Phi) is 3.17. The Balaban J connectivity index is 2.24. The van der Waals surface area contributed by atoms with Crippen molar-refractivity contribution >= 4 is 5.69 Å². The Morgan fingerprint density at radius 3 is 2.53 bits per heavy atom. The fourth-order valence-electron chi connectivity index (χ4n) is 2.75. The highest BCUT2D eigenvalue weighted by Gasteiger charge is 2.29. The molecule has 2 rings (SSSR count). The Bertz CT molecular complexity index is 409. The molecule has 0 spiro atoms. The minimum absolute atomic E-state index is 0.191. The quantitative estimate of drug-likeness (QED) is 0.801. The van der Waals surface area contributed by atoms with Crippen LogP contribution in [0.15, 0.2) is 18.2 Å². The van der Waals surface area contributed by atoms with Crippen molar-refractivity contribution in [1.82, 2.24) is 5.32 Å². The number of nitrogens with one attached hydrogen (secondary N) is 1. The molecule has 1 aliphatic rings. The summed E-state index contributed by atoms with van der Waals surface area (Å²) in [4.78, 5) is 2.49. The van der Waals surface area contributed by atoms with Crippen molar-refractivity contribution in [3.8, 4) is 0 Å². The van der Waals surface area contributed by atoms with Crippen LogP contribution in [0.3, 0.4) is 0 Å². The van der Waals surface area contributed by atoms with E-state index in [9.17, 15) is 0 Å². The maximum atomic E-state index is 3.64. The fraction of sp³-hybridized carbons (Fsp3) is 0.600. The molecule has 0 aromatic heterocycles. The number of hydrogen-bond donors (Lipinski definition) is 1. The average molecular weight is 232 g/mol. The van der Waals surface area contributed by atoms with Crippen LogP contribution in [0.25, 0.3) is 0 Å². The number of nitrogens with zero attached hydrogens (tertiary/aromatic N) is 1. The SMILES string of the molecule is Cc1ccc(N2CC(C)NC(C)(C)C2)cc1C. The van der Waals surface area contributed by atoms with Crippen LogP contribution >= 0.6 is 0 Å². The predicted octanol–water partition coefficient (Wildman–Crippen LogP) is 2.88. The summed E-state index contributed by atoms with van der Waals surface area (Å²) in [6.45, 7) is 13.3. The molecule has 2 heteroatoms. The summed E-state index contributed by atoms with van der Waals surface area (Å²) >= 11 is 0. The highest BCUT2D eigenvalue weighted by molar-refractivity contribution is 5.51. The Hall–Kier alpha value is -1.02. The first-order valence-electron chi connectivity index (χ1n) is 6.47.